The summed E-state index contributed by atoms with van der Waals surface area (Å²) in [5, 5.41) is 6.02. The second-order valence-electron chi connectivity index (χ2n) is 8.46. The lowest BCUT2D eigenvalue weighted by atomic mass is 10.0. The van der Waals surface area contributed by atoms with E-state index in [-0.39, 0.29) is 6.03 Å². The Morgan fingerprint density at radius 2 is 1.71 bits per heavy atom. The van der Waals surface area contributed by atoms with Crippen molar-refractivity contribution in [1.82, 2.24) is 10.2 Å². The Bertz CT molecular complexity index is 1090. The number of anilines is 1. The van der Waals surface area contributed by atoms with Crippen LogP contribution in [0.2, 0.25) is 0 Å². The standard InChI is InChI=1S/C28H33N3O3S/c1-35-18-8-17-31(20-22-13-14-26-27(19-22)34-21-33-26)16-7-15-29-28(32)30-25-12-6-5-11-24(25)23-9-3-2-4-10-23/h2-6,9-14,19H,7-8,15-18,20-21H2,1H3,(H2,29,30,32). The molecule has 0 radical (unpaired) electrons. The molecule has 0 spiro atoms. The van der Waals surface area contributed by atoms with Crippen molar-refractivity contribution in [3.05, 3.63) is 78.4 Å². The maximum atomic E-state index is 12.6. The molecule has 6 nitrogen and oxygen atoms in total. The topological polar surface area (TPSA) is 62.8 Å². The first-order chi connectivity index (χ1) is 17.2. The maximum Gasteiger partial charge on any atom is 0.319 e. The summed E-state index contributed by atoms with van der Waals surface area (Å²) in [7, 11) is 0. The van der Waals surface area contributed by atoms with Gasteiger partial charge in [-0.05, 0) is 60.7 Å². The number of benzene rings is 3. The van der Waals surface area contributed by atoms with Crippen LogP contribution in [0.25, 0.3) is 11.1 Å². The Hall–Kier alpha value is -3.16. The molecule has 1 aliphatic heterocycles. The number of amides is 2. The molecular weight excluding hydrogens is 458 g/mol. The van der Waals surface area contributed by atoms with Gasteiger partial charge in [0, 0.05) is 25.2 Å². The summed E-state index contributed by atoms with van der Waals surface area (Å²) in [5.74, 6) is 2.77. The van der Waals surface area contributed by atoms with Crippen LogP contribution in [0.5, 0.6) is 11.5 Å². The van der Waals surface area contributed by atoms with Crippen molar-refractivity contribution in [3.8, 4) is 22.6 Å². The van der Waals surface area contributed by atoms with Gasteiger partial charge >= 0.3 is 6.03 Å². The van der Waals surface area contributed by atoms with Crippen LogP contribution < -0.4 is 20.1 Å². The second-order valence-corrected chi connectivity index (χ2v) is 9.44. The highest BCUT2D eigenvalue weighted by molar-refractivity contribution is 7.98. The van der Waals surface area contributed by atoms with E-state index in [4.69, 9.17) is 9.47 Å². The van der Waals surface area contributed by atoms with E-state index in [2.05, 4.69) is 33.9 Å². The van der Waals surface area contributed by atoms with Crippen molar-refractivity contribution in [1.29, 1.82) is 0 Å². The quantitative estimate of drug-likeness (QED) is 0.311. The highest BCUT2D eigenvalue weighted by Gasteiger charge is 2.15. The zero-order valence-corrected chi connectivity index (χ0v) is 21.0. The van der Waals surface area contributed by atoms with Gasteiger partial charge in [0.05, 0.1) is 5.69 Å². The molecule has 184 valence electrons. The van der Waals surface area contributed by atoms with E-state index in [1.165, 1.54) is 5.56 Å². The Morgan fingerprint density at radius 1 is 0.943 bits per heavy atom. The van der Waals surface area contributed by atoms with Crippen molar-refractivity contribution in [2.24, 2.45) is 0 Å². The Balaban J connectivity index is 1.27. The van der Waals surface area contributed by atoms with Gasteiger partial charge in [0.25, 0.3) is 0 Å². The molecular formula is C28H33N3O3S. The summed E-state index contributed by atoms with van der Waals surface area (Å²) in [5.41, 5.74) is 4.10. The number of para-hydroxylation sites is 1. The third kappa shape index (κ3) is 7.41. The van der Waals surface area contributed by atoms with Gasteiger partial charge in [-0.25, -0.2) is 4.79 Å². The Labute approximate surface area is 212 Å². The van der Waals surface area contributed by atoms with Crippen molar-refractivity contribution in [2.75, 3.05) is 43.8 Å². The molecule has 0 bridgehead atoms. The van der Waals surface area contributed by atoms with Crippen LogP contribution in [0.15, 0.2) is 72.8 Å². The number of thioether (sulfide) groups is 1. The molecule has 3 aromatic carbocycles. The number of ether oxygens (including phenoxy) is 2. The summed E-state index contributed by atoms with van der Waals surface area (Å²) in [6.07, 6.45) is 4.15. The molecule has 0 aliphatic carbocycles. The summed E-state index contributed by atoms with van der Waals surface area (Å²) >= 11 is 1.87. The largest absolute Gasteiger partial charge is 0.454 e. The van der Waals surface area contributed by atoms with Gasteiger partial charge in [-0.15, -0.1) is 0 Å². The molecule has 3 aromatic rings. The van der Waals surface area contributed by atoms with Gasteiger partial charge in [0.15, 0.2) is 11.5 Å². The predicted molar refractivity (Wildman–Crippen MR) is 144 cm³/mol. The third-order valence-electron chi connectivity index (χ3n) is 5.86. The molecule has 0 fully saturated rings. The number of carbonyl (C=O) groups is 1. The molecule has 0 saturated carbocycles. The number of hydrogen-bond acceptors (Lipinski definition) is 5. The zero-order chi connectivity index (χ0) is 24.3. The number of fused-ring (bicyclic) bond motifs is 1. The number of nitrogens with one attached hydrogen (secondary N) is 2. The highest BCUT2D eigenvalue weighted by atomic mass is 32.2. The fraction of sp³-hybridized carbons (Fsp3) is 0.321. The van der Waals surface area contributed by atoms with Gasteiger partial charge in [-0.1, -0.05) is 54.6 Å². The molecule has 2 amide bonds. The van der Waals surface area contributed by atoms with E-state index in [1.54, 1.807) is 0 Å². The van der Waals surface area contributed by atoms with Crippen LogP contribution in [0.1, 0.15) is 18.4 Å². The monoisotopic (exact) mass is 491 g/mol. The van der Waals surface area contributed by atoms with Crippen LogP contribution in [-0.2, 0) is 6.54 Å². The van der Waals surface area contributed by atoms with Crippen LogP contribution >= 0.6 is 11.8 Å². The van der Waals surface area contributed by atoms with Crippen LogP contribution in [-0.4, -0.2) is 49.4 Å². The zero-order valence-electron chi connectivity index (χ0n) is 20.2. The number of urea groups is 1. The second kappa shape index (κ2) is 13.1. The molecule has 2 N–H and O–H groups in total. The van der Waals surface area contributed by atoms with Crippen LogP contribution in [0.3, 0.4) is 0 Å². The fourth-order valence-electron chi connectivity index (χ4n) is 4.13. The van der Waals surface area contributed by atoms with E-state index in [9.17, 15) is 4.79 Å². The fourth-order valence-corrected chi connectivity index (χ4v) is 4.55. The molecule has 4 rings (SSSR count). The summed E-state index contributed by atoms with van der Waals surface area (Å²) in [6, 6.07) is 23.9. The van der Waals surface area contributed by atoms with Crippen molar-refractivity contribution < 1.29 is 14.3 Å². The minimum Gasteiger partial charge on any atom is -0.454 e. The summed E-state index contributed by atoms with van der Waals surface area (Å²) < 4.78 is 11.0. The van der Waals surface area contributed by atoms with Gasteiger partial charge in [-0.2, -0.15) is 11.8 Å². The van der Waals surface area contributed by atoms with Gasteiger partial charge < -0.3 is 20.1 Å². The van der Waals surface area contributed by atoms with Gasteiger partial charge in [-0.3, -0.25) is 4.90 Å². The minimum absolute atomic E-state index is 0.182. The first kappa shape index (κ1) is 24.9. The summed E-state index contributed by atoms with van der Waals surface area (Å²) in [4.78, 5) is 15.0. The number of carbonyl (C=O) groups excluding carboxylic acids is 1. The normalized spacial score (nSPS) is 12.1. The SMILES string of the molecule is CSCCCN(CCCNC(=O)Nc1ccccc1-c1ccccc1)Cc1ccc2c(c1)OCO2. The molecule has 0 atom stereocenters. The van der Waals surface area contributed by atoms with E-state index < -0.39 is 0 Å². The first-order valence-corrected chi connectivity index (χ1v) is 13.4. The maximum absolute atomic E-state index is 12.6. The van der Waals surface area contributed by atoms with Crippen LogP contribution in [0.4, 0.5) is 10.5 Å². The van der Waals surface area contributed by atoms with Crippen molar-refractivity contribution >= 4 is 23.5 Å². The Kier molecular flexibility index (Phi) is 9.32. The lowest BCUT2D eigenvalue weighted by Crippen LogP contribution is -2.33. The smallest absolute Gasteiger partial charge is 0.319 e. The number of hydrogen-bond donors (Lipinski definition) is 2. The molecule has 0 saturated heterocycles. The average molecular weight is 492 g/mol. The first-order valence-electron chi connectivity index (χ1n) is 12.0. The molecule has 1 aliphatic rings. The molecule has 35 heavy (non-hydrogen) atoms. The van der Waals surface area contributed by atoms with E-state index in [1.807, 2.05) is 72.4 Å². The summed E-state index contributed by atoms with van der Waals surface area (Å²) in [6.45, 7) is 3.68. The van der Waals surface area contributed by atoms with E-state index >= 15 is 0 Å². The third-order valence-corrected chi connectivity index (χ3v) is 6.56. The number of nitrogens with zero attached hydrogens (tertiary/aromatic N) is 1. The van der Waals surface area contributed by atoms with Crippen LogP contribution in [0, 0.1) is 0 Å². The predicted octanol–water partition coefficient (Wildman–Crippen LogP) is 5.85. The lowest BCUT2D eigenvalue weighted by molar-refractivity contribution is 0.174. The van der Waals surface area contributed by atoms with Gasteiger partial charge in [0.2, 0.25) is 6.79 Å². The van der Waals surface area contributed by atoms with Crippen molar-refractivity contribution in [3.63, 3.8) is 0 Å². The highest BCUT2D eigenvalue weighted by Crippen LogP contribution is 2.33. The minimum atomic E-state index is -0.182. The number of rotatable bonds is 12. The van der Waals surface area contributed by atoms with Gasteiger partial charge in [0.1, 0.15) is 0 Å². The molecule has 0 unspecified atom stereocenters. The average Bonchev–Trinajstić information content (AvgIpc) is 3.35. The molecule has 0 aromatic heterocycles. The van der Waals surface area contributed by atoms with E-state index in [0.29, 0.717) is 13.3 Å². The Morgan fingerprint density at radius 3 is 2.57 bits per heavy atom. The molecule has 1 heterocycles. The lowest BCUT2D eigenvalue weighted by Gasteiger charge is -2.22. The van der Waals surface area contributed by atoms with Crippen molar-refractivity contribution in [2.45, 2.75) is 19.4 Å². The molecule has 7 heteroatoms. The van der Waals surface area contributed by atoms with E-state index in [0.717, 1.165) is 66.5 Å².